The summed E-state index contributed by atoms with van der Waals surface area (Å²) in [6, 6.07) is 5.78. The van der Waals surface area contributed by atoms with E-state index >= 15 is 0 Å². The molecule has 0 spiro atoms. The second-order valence-corrected chi connectivity index (χ2v) is 5.61. The summed E-state index contributed by atoms with van der Waals surface area (Å²) in [5, 5.41) is 13.9. The lowest BCUT2D eigenvalue weighted by Gasteiger charge is -2.32. The molecule has 124 valence electrons. The van der Waals surface area contributed by atoms with Crippen LogP contribution >= 0.6 is 0 Å². The molecule has 2 amide bonds. The standard InChI is InChI=1S/C15H22N6O2/c1-12(20-6-8-23-9-7-20)10-16-15(22)17-11-14-19-18-13-4-2-3-5-21(13)14/h2-5,12H,6-11H2,1H3,(H2,16,17,22)/t12-/m1/s1. The van der Waals surface area contributed by atoms with Crippen molar-refractivity contribution in [3.63, 3.8) is 0 Å². The summed E-state index contributed by atoms with van der Waals surface area (Å²) in [5.74, 6) is 0.706. The van der Waals surface area contributed by atoms with Crippen LogP contribution in [0.2, 0.25) is 0 Å². The molecule has 0 aliphatic carbocycles. The van der Waals surface area contributed by atoms with Crippen LogP contribution in [0.4, 0.5) is 4.79 Å². The van der Waals surface area contributed by atoms with Gasteiger partial charge in [-0.1, -0.05) is 6.07 Å². The quantitative estimate of drug-likeness (QED) is 0.825. The van der Waals surface area contributed by atoms with E-state index in [-0.39, 0.29) is 6.03 Å². The molecule has 1 aliphatic heterocycles. The van der Waals surface area contributed by atoms with E-state index < -0.39 is 0 Å². The summed E-state index contributed by atoms with van der Waals surface area (Å²) in [4.78, 5) is 14.3. The molecular formula is C15H22N6O2. The van der Waals surface area contributed by atoms with Crippen molar-refractivity contribution in [2.75, 3.05) is 32.8 Å². The summed E-state index contributed by atoms with van der Waals surface area (Å²) in [5.41, 5.74) is 0.769. The minimum absolute atomic E-state index is 0.196. The number of aromatic nitrogens is 3. The molecule has 8 nitrogen and oxygen atoms in total. The molecule has 0 aromatic carbocycles. The molecule has 0 unspecified atom stereocenters. The molecule has 23 heavy (non-hydrogen) atoms. The predicted octanol–water partition coefficient (Wildman–Crippen LogP) is 0.249. The molecule has 0 radical (unpaired) electrons. The Morgan fingerprint density at radius 2 is 2.13 bits per heavy atom. The maximum Gasteiger partial charge on any atom is 0.315 e. The normalized spacial score (nSPS) is 17.1. The number of carbonyl (C=O) groups is 1. The van der Waals surface area contributed by atoms with Gasteiger partial charge in [0.1, 0.15) is 0 Å². The molecule has 1 fully saturated rings. The van der Waals surface area contributed by atoms with Crippen LogP contribution in [0.5, 0.6) is 0 Å². The molecule has 1 aliphatic rings. The number of rotatable bonds is 5. The van der Waals surface area contributed by atoms with Gasteiger partial charge in [-0.05, 0) is 19.1 Å². The summed E-state index contributed by atoms with van der Waals surface area (Å²) in [6.07, 6.45) is 1.88. The molecular weight excluding hydrogens is 296 g/mol. The zero-order valence-electron chi connectivity index (χ0n) is 13.2. The number of nitrogens with zero attached hydrogens (tertiary/aromatic N) is 4. The van der Waals surface area contributed by atoms with E-state index in [1.54, 1.807) is 0 Å². The average molecular weight is 318 g/mol. The topological polar surface area (TPSA) is 83.8 Å². The lowest BCUT2D eigenvalue weighted by Crippen LogP contribution is -2.48. The van der Waals surface area contributed by atoms with Crippen LogP contribution in [0.15, 0.2) is 24.4 Å². The number of ether oxygens (including phenoxy) is 1. The molecule has 0 saturated carbocycles. The van der Waals surface area contributed by atoms with Crippen molar-refractivity contribution in [1.82, 2.24) is 30.1 Å². The van der Waals surface area contributed by atoms with Crippen LogP contribution in [0, 0.1) is 0 Å². The highest BCUT2D eigenvalue weighted by Crippen LogP contribution is 2.03. The van der Waals surface area contributed by atoms with Crippen molar-refractivity contribution < 1.29 is 9.53 Å². The van der Waals surface area contributed by atoms with Crippen LogP contribution in [-0.2, 0) is 11.3 Å². The van der Waals surface area contributed by atoms with Crippen LogP contribution in [0.25, 0.3) is 5.65 Å². The number of hydrogen-bond donors (Lipinski definition) is 2. The van der Waals surface area contributed by atoms with Gasteiger partial charge in [-0.25, -0.2) is 4.79 Å². The third kappa shape index (κ3) is 3.96. The fraction of sp³-hybridized carbons (Fsp3) is 0.533. The number of morpholine rings is 1. The van der Waals surface area contributed by atoms with Crippen LogP contribution in [-0.4, -0.2) is 64.4 Å². The number of urea groups is 1. The molecule has 0 bridgehead atoms. The van der Waals surface area contributed by atoms with Crippen LogP contribution in [0.1, 0.15) is 12.7 Å². The number of fused-ring (bicyclic) bond motifs is 1. The lowest BCUT2D eigenvalue weighted by atomic mass is 10.2. The van der Waals surface area contributed by atoms with Gasteiger partial charge in [0.25, 0.3) is 0 Å². The van der Waals surface area contributed by atoms with Gasteiger partial charge in [-0.15, -0.1) is 10.2 Å². The maximum atomic E-state index is 11.9. The number of nitrogens with one attached hydrogen (secondary N) is 2. The molecule has 2 aromatic heterocycles. The fourth-order valence-corrected chi connectivity index (χ4v) is 2.62. The van der Waals surface area contributed by atoms with E-state index in [4.69, 9.17) is 4.74 Å². The van der Waals surface area contributed by atoms with E-state index in [9.17, 15) is 4.79 Å². The highest BCUT2D eigenvalue weighted by molar-refractivity contribution is 5.73. The number of hydrogen-bond acceptors (Lipinski definition) is 5. The molecule has 8 heteroatoms. The Balaban J connectivity index is 1.44. The SMILES string of the molecule is C[C@H](CNC(=O)NCc1nnc2ccccn12)N1CCOCC1. The Bertz CT molecular complexity index is 652. The Kier molecular flexibility index (Phi) is 5.04. The third-order valence-corrected chi connectivity index (χ3v) is 4.02. The summed E-state index contributed by atoms with van der Waals surface area (Å²) in [6.45, 7) is 6.40. The van der Waals surface area contributed by atoms with Crippen LogP contribution in [0.3, 0.4) is 0 Å². The highest BCUT2D eigenvalue weighted by Gasteiger charge is 2.17. The first-order valence-electron chi connectivity index (χ1n) is 7.86. The highest BCUT2D eigenvalue weighted by atomic mass is 16.5. The zero-order valence-corrected chi connectivity index (χ0v) is 13.2. The van der Waals surface area contributed by atoms with Crippen molar-refractivity contribution in [2.45, 2.75) is 19.5 Å². The van der Waals surface area contributed by atoms with Gasteiger partial charge in [-0.3, -0.25) is 9.30 Å². The number of pyridine rings is 1. The van der Waals surface area contributed by atoms with E-state index in [2.05, 4.69) is 32.7 Å². The van der Waals surface area contributed by atoms with E-state index in [1.807, 2.05) is 28.8 Å². The second-order valence-electron chi connectivity index (χ2n) is 5.61. The Morgan fingerprint density at radius 1 is 1.30 bits per heavy atom. The zero-order chi connectivity index (χ0) is 16.1. The minimum atomic E-state index is -0.196. The average Bonchev–Trinajstić information content (AvgIpc) is 3.02. The monoisotopic (exact) mass is 318 g/mol. The van der Waals surface area contributed by atoms with Gasteiger partial charge in [0.15, 0.2) is 11.5 Å². The van der Waals surface area contributed by atoms with Crippen molar-refractivity contribution in [3.05, 3.63) is 30.2 Å². The van der Waals surface area contributed by atoms with E-state index in [0.29, 0.717) is 25.0 Å². The molecule has 3 heterocycles. The van der Waals surface area contributed by atoms with Gasteiger partial charge in [0.2, 0.25) is 0 Å². The second kappa shape index (κ2) is 7.38. The van der Waals surface area contributed by atoms with Gasteiger partial charge in [0, 0.05) is 31.9 Å². The summed E-state index contributed by atoms with van der Waals surface area (Å²) < 4.78 is 7.19. The molecule has 1 atom stereocenters. The first kappa shape index (κ1) is 15.7. The van der Waals surface area contributed by atoms with Crippen molar-refractivity contribution in [1.29, 1.82) is 0 Å². The molecule has 2 N–H and O–H groups in total. The minimum Gasteiger partial charge on any atom is -0.379 e. The first-order chi connectivity index (χ1) is 11.2. The Hall–Kier alpha value is -2.19. The fourth-order valence-electron chi connectivity index (χ4n) is 2.62. The largest absolute Gasteiger partial charge is 0.379 e. The molecule has 3 rings (SSSR count). The lowest BCUT2D eigenvalue weighted by molar-refractivity contribution is 0.0209. The van der Waals surface area contributed by atoms with Crippen molar-refractivity contribution in [3.8, 4) is 0 Å². The molecule has 1 saturated heterocycles. The Morgan fingerprint density at radius 3 is 2.96 bits per heavy atom. The van der Waals surface area contributed by atoms with Crippen LogP contribution < -0.4 is 10.6 Å². The van der Waals surface area contributed by atoms with E-state index in [0.717, 1.165) is 32.0 Å². The first-order valence-corrected chi connectivity index (χ1v) is 7.86. The number of amides is 2. The van der Waals surface area contributed by atoms with Gasteiger partial charge >= 0.3 is 6.03 Å². The smallest absolute Gasteiger partial charge is 0.315 e. The van der Waals surface area contributed by atoms with Crippen molar-refractivity contribution >= 4 is 11.7 Å². The maximum absolute atomic E-state index is 11.9. The summed E-state index contributed by atoms with van der Waals surface area (Å²) >= 11 is 0. The van der Waals surface area contributed by atoms with Gasteiger partial charge in [0.05, 0.1) is 19.8 Å². The third-order valence-electron chi connectivity index (χ3n) is 4.02. The van der Waals surface area contributed by atoms with Gasteiger partial charge in [-0.2, -0.15) is 0 Å². The van der Waals surface area contributed by atoms with Crippen molar-refractivity contribution in [2.24, 2.45) is 0 Å². The molecule has 2 aromatic rings. The number of carbonyl (C=O) groups excluding carboxylic acids is 1. The van der Waals surface area contributed by atoms with E-state index in [1.165, 1.54) is 0 Å². The Labute approximate surface area is 134 Å². The van der Waals surface area contributed by atoms with Gasteiger partial charge < -0.3 is 15.4 Å². The predicted molar refractivity (Wildman–Crippen MR) is 85.1 cm³/mol. The summed E-state index contributed by atoms with van der Waals surface area (Å²) in [7, 11) is 0.